The van der Waals surface area contributed by atoms with Gasteiger partial charge in [0.1, 0.15) is 0 Å². The molecule has 4 heteroatoms. The van der Waals surface area contributed by atoms with Gasteiger partial charge in [0.25, 0.3) is 5.69 Å². The Bertz CT molecular complexity index is 420. The first-order valence-corrected chi connectivity index (χ1v) is 6.61. The Labute approximate surface area is 108 Å². The number of rotatable bonds is 4. The number of nitro groups is 1. The highest BCUT2D eigenvalue weighted by Crippen LogP contribution is 2.28. The number of hydrogen-bond acceptors (Lipinski definition) is 3. The van der Waals surface area contributed by atoms with Gasteiger partial charge < -0.3 is 5.32 Å². The largest absolute Gasteiger partial charge is 0.317 e. The molecule has 0 saturated heterocycles. The maximum atomic E-state index is 10.8. The molecule has 0 spiro atoms. The zero-order valence-electron chi connectivity index (χ0n) is 10.8. The van der Waals surface area contributed by atoms with Crippen LogP contribution in [0.1, 0.15) is 31.2 Å². The molecule has 0 amide bonds. The molecule has 2 atom stereocenters. The number of nitrogens with zero attached hydrogens (tertiary/aromatic N) is 1. The third kappa shape index (κ3) is 3.07. The van der Waals surface area contributed by atoms with E-state index >= 15 is 0 Å². The summed E-state index contributed by atoms with van der Waals surface area (Å²) in [4.78, 5) is 10.4. The second-order valence-corrected chi connectivity index (χ2v) is 5.07. The highest BCUT2D eigenvalue weighted by molar-refractivity contribution is 5.34. The van der Waals surface area contributed by atoms with Gasteiger partial charge in [0.15, 0.2) is 0 Å². The molecule has 1 N–H and O–H groups in total. The van der Waals surface area contributed by atoms with Crippen molar-refractivity contribution in [3.8, 4) is 0 Å². The fourth-order valence-corrected chi connectivity index (χ4v) is 2.93. The van der Waals surface area contributed by atoms with E-state index in [-0.39, 0.29) is 10.6 Å². The van der Waals surface area contributed by atoms with Crippen molar-refractivity contribution in [3.05, 3.63) is 39.9 Å². The van der Waals surface area contributed by atoms with E-state index in [0.29, 0.717) is 12.0 Å². The van der Waals surface area contributed by atoms with E-state index in [1.807, 2.05) is 13.1 Å². The number of nitrogens with one attached hydrogen (secondary N) is 1. The highest BCUT2D eigenvalue weighted by Gasteiger charge is 2.24. The van der Waals surface area contributed by atoms with Crippen LogP contribution in [-0.2, 0) is 6.42 Å². The van der Waals surface area contributed by atoms with Crippen LogP contribution in [0.2, 0.25) is 0 Å². The van der Waals surface area contributed by atoms with Crippen LogP contribution in [0.25, 0.3) is 0 Å². The van der Waals surface area contributed by atoms with E-state index in [2.05, 4.69) is 5.32 Å². The van der Waals surface area contributed by atoms with Gasteiger partial charge in [-0.15, -0.1) is 0 Å². The van der Waals surface area contributed by atoms with Gasteiger partial charge in [-0.2, -0.15) is 0 Å². The minimum atomic E-state index is -0.320. The van der Waals surface area contributed by atoms with E-state index in [9.17, 15) is 10.1 Å². The smallest absolute Gasteiger partial charge is 0.269 e. The molecule has 98 valence electrons. The summed E-state index contributed by atoms with van der Waals surface area (Å²) in [5, 5.41) is 14.1. The normalized spacial score (nSPS) is 23.8. The number of benzene rings is 1. The van der Waals surface area contributed by atoms with Crippen LogP contribution in [0, 0.1) is 16.0 Å². The molecule has 0 bridgehead atoms. The standard InChI is InChI=1S/C14H20N2O2/c1-15-14-8-3-2-6-12(14)9-11-5-4-7-13(10-11)16(17)18/h4-5,7,10,12,14-15H,2-3,6,8-9H2,1H3. The predicted octanol–water partition coefficient (Wildman–Crippen LogP) is 2.92. The summed E-state index contributed by atoms with van der Waals surface area (Å²) in [5.74, 6) is 0.603. The Morgan fingerprint density at radius 1 is 1.39 bits per heavy atom. The first-order chi connectivity index (χ1) is 8.70. The van der Waals surface area contributed by atoms with E-state index < -0.39 is 0 Å². The summed E-state index contributed by atoms with van der Waals surface area (Å²) in [6.07, 6.45) is 5.94. The Morgan fingerprint density at radius 2 is 2.17 bits per heavy atom. The minimum absolute atomic E-state index is 0.198. The van der Waals surface area contributed by atoms with Gasteiger partial charge in [-0.05, 0) is 37.8 Å². The van der Waals surface area contributed by atoms with E-state index in [1.165, 1.54) is 25.7 Å². The first kappa shape index (κ1) is 13.0. The second-order valence-electron chi connectivity index (χ2n) is 5.07. The zero-order chi connectivity index (χ0) is 13.0. The SMILES string of the molecule is CNC1CCCCC1Cc1cccc([N+](=O)[O-])c1. The quantitative estimate of drug-likeness (QED) is 0.658. The highest BCUT2D eigenvalue weighted by atomic mass is 16.6. The average molecular weight is 248 g/mol. The van der Waals surface area contributed by atoms with Crippen molar-refractivity contribution in [2.24, 2.45) is 5.92 Å². The van der Waals surface area contributed by atoms with Crippen molar-refractivity contribution in [1.82, 2.24) is 5.32 Å². The van der Waals surface area contributed by atoms with Crippen molar-refractivity contribution in [2.75, 3.05) is 7.05 Å². The van der Waals surface area contributed by atoms with Crippen molar-refractivity contribution >= 4 is 5.69 Å². The molecule has 2 rings (SSSR count). The van der Waals surface area contributed by atoms with Gasteiger partial charge in [0, 0.05) is 18.2 Å². The molecule has 1 aliphatic rings. The van der Waals surface area contributed by atoms with Crippen LogP contribution in [0.15, 0.2) is 24.3 Å². The monoisotopic (exact) mass is 248 g/mol. The maximum Gasteiger partial charge on any atom is 0.269 e. The van der Waals surface area contributed by atoms with E-state index in [1.54, 1.807) is 18.2 Å². The van der Waals surface area contributed by atoms with Crippen molar-refractivity contribution in [1.29, 1.82) is 0 Å². The topological polar surface area (TPSA) is 55.2 Å². The Kier molecular flexibility index (Phi) is 4.31. The van der Waals surface area contributed by atoms with E-state index in [0.717, 1.165) is 12.0 Å². The molecule has 2 unspecified atom stereocenters. The minimum Gasteiger partial charge on any atom is -0.317 e. The lowest BCUT2D eigenvalue weighted by Crippen LogP contribution is -2.37. The lowest BCUT2D eigenvalue weighted by atomic mass is 9.81. The molecule has 1 aromatic rings. The molecular weight excluding hydrogens is 228 g/mol. The Morgan fingerprint density at radius 3 is 2.89 bits per heavy atom. The summed E-state index contributed by atoms with van der Waals surface area (Å²) in [6, 6.07) is 7.60. The zero-order valence-corrected chi connectivity index (χ0v) is 10.8. The Balaban J connectivity index is 2.07. The lowest BCUT2D eigenvalue weighted by Gasteiger charge is -2.31. The lowest BCUT2D eigenvalue weighted by molar-refractivity contribution is -0.384. The molecule has 0 aliphatic heterocycles. The van der Waals surface area contributed by atoms with Crippen molar-refractivity contribution in [2.45, 2.75) is 38.1 Å². The number of hydrogen-bond donors (Lipinski definition) is 1. The third-order valence-electron chi connectivity index (χ3n) is 3.90. The molecule has 4 nitrogen and oxygen atoms in total. The molecule has 18 heavy (non-hydrogen) atoms. The van der Waals surface area contributed by atoms with Gasteiger partial charge in [0.2, 0.25) is 0 Å². The molecule has 0 heterocycles. The van der Waals surface area contributed by atoms with Gasteiger partial charge >= 0.3 is 0 Å². The van der Waals surface area contributed by atoms with Gasteiger partial charge in [-0.1, -0.05) is 25.0 Å². The number of non-ortho nitro benzene ring substituents is 1. The maximum absolute atomic E-state index is 10.8. The summed E-state index contributed by atoms with van der Waals surface area (Å²) in [6.45, 7) is 0. The van der Waals surface area contributed by atoms with Crippen LogP contribution in [0.5, 0.6) is 0 Å². The summed E-state index contributed by atoms with van der Waals surface area (Å²) in [5.41, 5.74) is 1.28. The fourth-order valence-electron chi connectivity index (χ4n) is 2.93. The van der Waals surface area contributed by atoms with Crippen LogP contribution in [0.3, 0.4) is 0 Å². The van der Waals surface area contributed by atoms with Crippen LogP contribution >= 0.6 is 0 Å². The van der Waals surface area contributed by atoms with Crippen molar-refractivity contribution in [3.63, 3.8) is 0 Å². The second kappa shape index (κ2) is 5.96. The van der Waals surface area contributed by atoms with Crippen LogP contribution in [0.4, 0.5) is 5.69 Å². The molecule has 1 fully saturated rings. The van der Waals surface area contributed by atoms with Gasteiger partial charge in [0.05, 0.1) is 4.92 Å². The number of nitro benzene ring substituents is 1. The molecule has 0 radical (unpaired) electrons. The predicted molar refractivity (Wildman–Crippen MR) is 71.6 cm³/mol. The fraction of sp³-hybridized carbons (Fsp3) is 0.571. The van der Waals surface area contributed by atoms with Crippen LogP contribution in [-0.4, -0.2) is 18.0 Å². The molecule has 0 aromatic heterocycles. The first-order valence-electron chi connectivity index (χ1n) is 6.61. The summed E-state index contributed by atoms with van der Waals surface area (Å²) < 4.78 is 0. The Hall–Kier alpha value is -1.42. The van der Waals surface area contributed by atoms with Gasteiger partial charge in [-0.3, -0.25) is 10.1 Å². The van der Waals surface area contributed by atoms with Crippen LogP contribution < -0.4 is 5.32 Å². The average Bonchev–Trinajstić information content (AvgIpc) is 2.39. The summed E-state index contributed by atoms with van der Waals surface area (Å²) >= 11 is 0. The van der Waals surface area contributed by atoms with E-state index in [4.69, 9.17) is 0 Å². The molecule has 1 aromatic carbocycles. The molecule has 1 aliphatic carbocycles. The van der Waals surface area contributed by atoms with Gasteiger partial charge in [-0.25, -0.2) is 0 Å². The molecular formula is C14H20N2O2. The summed E-state index contributed by atoms with van der Waals surface area (Å²) in [7, 11) is 2.01. The van der Waals surface area contributed by atoms with Crippen molar-refractivity contribution < 1.29 is 4.92 Å². The molecule has 1 saturated carbocycles. The third-order valence-corrected chi connectivity index (χ3v) is 3.90.